The van der Waals surface area contributed by atoms with E-state index in [0.717, 1.165) is 46.5 Å². The summed E-state index contributed by atoms with van der Waals surface area (Å²) in [5.74, 6) is -0.897. The number of aryl methyl sites for hydroxylation is 1. The van der Waals surface area contributed by atoms with Crippen LogP contribution in [0.5, 0.6) is 28.7 Å². The zero-order chi connectivity index (χ0) is 33.9. The fourth-order valence-electron chi connectivity index (χ4n) is 5.15. The molecule has 3 aromatic carbocycles. The molecule has 248 valence electrons. The molecule has 5 aromatic rings. The summed E-state index contributed by atoms with van der Waals surface area (Å²) in [6.07, 6.45) is 3.39. The summed E-state index contributed by atoms with van der Waals surface area (Å²) in [5.41, 5.74) is -1.46. The zero-order valence-corrected chi connectivity index (χ0v) is 26.3. The lowest BCUT2D eigenvalue weighted by molar-refractivity contribution is 0.102. The Morgan fingerprint density at radius 1 is 0.979 bits per heavy atom. The highest BCUT2D eigenvalue weighted by atomic mass is 19.1. The number of rotatable bonds is 10. The highest BCUT2D eigenvalue weighted by Gasteiger charge is 2.25. The standard InChI is InChI=1S/C34H31F2N5O7/c1-39(2)13-4-14-45-28-18-25-29(31-30(28)46-15-16-47-31)27(11-12-37-25)48-26-10-7-21(17-24(26)36)38-32(42)23-19-40(3)34(44)41(33(23)43)22-8-5-20(35)6-9-22/h5-12,17-19H,4,13-16H2,1-3H3,(H,38,42). The summed E-state index contributed by atoms with van der Waals surface area (Å²) in [5, 5.41) is 2.95. The van der Waals surface area contributed by atoms with Crippen LogP contribution < -0.4 is 35.5 Å². The van der Waals surface area contributed by atoms with E-state index in [1.807, 2.05) is 14.1 Å². The number of ether oxygens (including phenoxy) is 4. The number of fused-ring (bicyclic) bond motifs is 3. The van der Waals surface area contributed by atoms with Crippen LogP contribution in [0.4, 0.5) is 14.5 Å². The molecule has 2 aromatic heterocycles. The molecule has 0 spiro atoms. The molecule has 0 fully saturated rings. The number of aromatic nitrogens is 3. The third kappa shape index (κ3) is 6.55. The van der Waals surface area contributed by atoms with Gasteiger partial charge in [-0.05, 0) is 63.0 Å². The number of amides is 1. The number of nitrogens with one attached hydrogen (secondary N) is 1. The van der Waals surface area contributed by atoms with E-state index < -0.39 is 34.4 Å². The van der Waals surface area contributed by atoms with Crippen LogP contribution >= 0.6 is 0 Å². The first-order valence-electron chi connectivity index (χ1n) is 15.0. The fourth-order valence-corrected chi connectivity index (χ4v) is 5.15. The van der Waals surface area contributed by atoms with Crippen LogP contribution in [0.2, 0.25) is 0 Å². The van der Waals surface area contributed by atoms with Crippen molar-refractivity contribution >= 4 is 22.5 Å². The van der Waals surface area contributed by atoms with E-state index in [9.17, 15) is 18.8 Å². The summed E-state index contributed by atoms with van der Waals surface area (Å²) in [7, 11) is 5.33. The van der Waals surface area contributed by atoms with Crippen molar-refractivity contribution in [3.63, 3.8) is 0 Å². The number of carbonyl (C=O) groups is 1. The van der Waals surface area contributed by atoms with Gasteiger partial charge < -0.3 is 33.7 Å². The van der Waals surface area contributed by atoms with Gasteiger partial charge in [0.05, 0.1) is 23.2 Å². The second-order valence-corrected chi connectivity index (χ2v) is 11.2. The smallest absolute Gasteiger partial charge is 0.335 e. The molecule has 1 N–H and O–H groups in total. The number of carbonyl (C=O) groups excluding carboxylic acids is 1. The number of nitrogens with zero attached hydrogens (tertiary/aromatic N) is 4. The summed E-state index contributed by atoms with van der Waals surface area (Å²) >= 11 is 0. The minimum Gasteiger partial charge on any atom is -0.489 e. The minimum absolute atomic E-state index is 0.0243. The van der Waals surface area contributed by atoms with Crippen molar-refractivity contribution in [2.75, 3.05) is 45.8 Å². The molecule has 0 radical (unpaired) electrons. The molecule has 3 heterocycles. The fraction of sp³-hybridized carbons (Fsp3) is 0.235. The summed E-state index contributed by atoms with van der Waals surface area (Å²) < 4.78 is 54.5. The van der Waals surface area contributed by atoms with E-state index in [-0.39, 0.29) is 29.5 Å². The Hall–Kier alpha value is -5.76. The van der Waals surface area contributed by atoms with E-state index in [1.165, 1.54) is 37.5 Å². The molecular formula is C34H31F2N5O7. The highest BCUT2D eigenvalue weighted by molar-refractivity contribution is 6.04. The van der Waals surface area contributed by atoms with Gasteiger partial charge in [0.25, 0.3) is 11.5 Å². The van der Waals surface area contributed by atoms with Crippen LogP contribution in [0, 0.1) is 11.6 Å². The summed E-state index contributed by atoms with van der Waals surface area (Å²) in [4.78, 5) is 45.5. The van der Waals surface area contributed by atoms with Crippen molar-refractivity contribution < 1.29 is 32.5 Å². The molecular weight excluding hydrogens is 628 g/mol. The Bertz CT molecular complexity index is 2130. The van der Waals surface area contributed by atoms with Crippen LogP contribution in [0.15, 0.2) is 76.6 Å². The number of hydrogen-bond acceptors (Lipinski definition) is 9. The van der Waals surface area contributed by atoms with Gasteiger partial charge in [0.15, 0.2) is 23.1 Å². The minimum atomic E-state index is -0.927. The Balaban J connectivity index is 1.25. The number of hydrogen-bond donors (Lipinski definition) is 1. The Morgan fingerprint density at radius 2 is 1.73 bits per heavy atom. The first-order chi connectivity index (χ1) is 23.1. The average molecular weight is 660 g/mol. The molecule has 1 aliphatic heterocycles. The van der Waals surface area contributed by atoms with Gasteiger partial charge in [-0.3, -0.25) is 14.6 Å². The second-order valence-electron chi connectivity index (χ2n) is 11.2. The average Bonchev–Trinajstić information content (AvgIpc) is 3.06. The van der Waals surface area contributed by atoms with Crippen molar-refractivity contribution in [2.45, 2.75) is 6.42 Å². The maximum absolute atomic E-state index is 15.4. The van der Waals surface area contributed by atoms with Gasteiger partial charge in [0, 0.05) is 43.8 Å². The molecule has 0 saturated carbocycles. The Labute approximate surface area is 272 Å². The largest absolute Gasteiger partial charge is 0.489 e. The molecule has 0 unspecified atom stereocenters. The van der Waals surface area contributed by atoms with Gasteiger partial charge in [0.2, 0.25) is 5.75 Å². The molecule has 48 heavy (non-hydrogen) atoms. The monoisotopic (exact) mass is 659 g/mol. The number of pyridine rings is 1. The van der Waals surface area contributed by atoms with Gasteiger partial charge in [-0.2, -0.15) is 0 Å². The van der Waals surface area contributed by atoms with Gasteiger partial charge in [-0.15, -0.1) is 0 Å². The predicted octanol–water partition coefficient (Wildman–Crippen LogP) is 4.51. The maximum Gasteiger partial charge on any atom is 0.335 e. The first kappa shape index (κ1) is 32.2. The molecule has 6 rings (SSSR count). The highest BCUT2D eigenvalue weighted by Crippen LogP contribution is 2.48. The van der Waals surface area contributed by atoms with Crippen LogP contribution in [-0.4, -0.2) is 65.4 Å². The Kier molecular flexibility index (Phi) is 9.08. The number of benzene rings is 3. The Morgan fingerprint density at radius 3 is 2.46 bits per heavy atom. The van der Waals surface area contributed by atoms with Gasteiger partial charge in [-0.25, -0.2) is 18.1 Å². The molecule has 1 amide bonds. The van der Waals surface area contributed by atoms with Crippen molar-refractivity contribution in [2.24, 2.45) is 7.05 Å². The maximum atomic E-state index is 15.4. The summed E-state index contributed by atoms with van der Waals surface area (Å²) in [6, 6.07) is 11.7. The van der Waals surface area contributed by atoms with Crippen molar-refractivity contribution in [1.29, 1.82) is 0 Å². The predicted molar refractivity (Wildman–Crippen MR) is 173 cm³/mol. The quantitative estimate of drug-likeness (QED) is 0.216. The first-order valence-corrected chi connectivity index (χ1v) is 15.0. The molecule has 0 atom stereocenters. The van der Waals surface area contributed by atoms with Crippen molar-refractivity contribution in [3.05, 3.63) is 105 Å². The van der Waals surface area contributed by atoms with E-state index in [0.29, 0.717) is 41.4 Å². The molecule has 12 nitrogen and oxygen atoms in total. The van der Waals surface area contributed by atoms with Crippen LogP contribution in [0.25, 0.3) is 16.6 Å². The van der Waals surface area contributed by atoms with E-state index >= 15 is 4.39 Å². The SMILES string of the molecule is CN(C)CCCOc1cc2nccc(Oc3ccc(NC(=O)c4cn(C)c(=O)n(-c5ccc(F)cc5)c4=O)cc3F)c2c2c1OCCO2. The molecule has 0 bridgehead atoms. The third-order valence-electron chi connectivity index (χ3n) is 7.44. The lowest BCUT2D eigenvalue weighted by Crippen LogP contribution is -2.41. The van der Waals surface area contributed by atoms with Gasteiger partial charge >= 0.3 is 5.69 Å². The third-order valence-corrected chi connectivity index (χ3v) is 7.44. The van der Waals surface area contributed by atoms with Gasteiger partial charge in [0.1, 0.15) is 30.3 Å². The topological polar surface area (TPSA) is 126 Å². The van der Waals surface area contributed by atoms with Crippen molar-refractivity contribution in [3.8, 4) is 34.4 Å². The number of halogens is 2. The van der Waals surface area contributed by atoms with Crippen LogP contribution in [-0.2, 0) is 7.05 Å². The molecule has 14 heteroatoms. The van der Waals surface area contributed by atoms with Crippen molar-refractivity contribution in [1.82, 2.24) is 19.0 Å². The second kappa shape index (κ2) is 13.5. The molecule has 1 aliphatic rings. The van der Waals surface area contributed by atoms with E-state index in [1.54, 1.807) is 12.1 Å². The van der Waals surface area contributed by atoms with E-state index in [4.69, 9.17) is 18.9 Å². The molecule has 0 aliphatic carbocycles. The molecule has 0 saturated heterocycles. The lowest BCUT2D eigenvalue weighted by atomic mass is 10.1. The van der Waals surface area contributed by atoms with Crippen LogP contribution in [0.1, 0.15) is 16.8 Å². The lowest BCUT2D eigenvalue weighted by Gasteiger charge is -2.23. The van der Waals surface area contributed by atoms with Crippen LogP contribution in [0.3, 0.4) is 0 Å². The normalized spacial score (nSPS) is 12.3. The van der Waals surface area contributed by atoms with E-state index in [2.05, 4.69) is 15.2 Å². The number of anilines is 1. The van der Waals surface area contributed by atoms with Gasteiger partial charge in [-0.1, -0.05) is 0 Å². The summed E-state index contributed by atoms with van der Waals surface area (Å²) in [6.45, 7) is 1.91. The zero-order valence-electron chi connectivity index (χ0n) is 26.3.